The Kier molecular flexibility index (Phi) is 7.56. The minimum absolute atomic E-state index is 0.118. The summed E-state index contributed by atoms with van der Waals surface area (Å²) in [5.41, 5.74) is 0.487. The van der Waals surface area contributed by atoms with Gasteiger partial charge < -0.3 is 19.5 Å². The number of rotatable bonds is 5. The number of nitriles is 1. The van der Waals surface area contributed by atoms with Gasteiger partial charge in [0.05, 0.1) is 24.3 Å². The molecule has 1 N–H and O–H groups in total. The Morgan fingerprint density at radius 1 is 1.17 bits per heavy atom. The first-order valence-electron chi connectivity index (χ1n) is 12.2. The zero-order chi connectivity index (χ0) is 25.9. The van der Waals surface area contributed by atoms with Crippen LogP contribution in [0, 0.1) is 11.3 Å². The van der Waals surface area contributed by atoms with Crippen LogP contribution in [0.2, 0.25) is 5.15 Å². The summed E-state index contributed by atoms with van der Waals surface area (Å²) < 4.78 is 12.1. The average molecular weight is 506 g/mol. The van der Waals surface area contributed by atoms with Crippen LogP contribution in [-0.4, -0.2) is 42.2 Å². The van der Waals surface area contributed by atoms with Crippen LogP contribution < -0.4 is 9.47 Å². The molecule has 0 spiro atoms. The molecule has 2 aromatic carbocycles. The molecule has 2 aliphatic rings. The number of ether oxygens (including phenoxy) is 2. The van der Waals surface area contributed by atoms with E-state index in [9.17, 15) is 10.4 Å². The fourth-order valence-corrected chi connectivity index (χ4v) is 5.53. The predicted octanol–water partition coefficient (Wildman–Crippen LogP) is 5.63. The summed E-state index contributed by atoms with van der Waals surface area (Å²) in [6.45, 7) is 6.64. The van der Waals surface area contributed by atoms with Crippen LogP contribution in [0.25, 0.3) is 0 Å². The quantitative estimate of drug-likeness (QED) is 0.453. The highest BCUT2D eigenvalue weighted by atomic mass is 35.5. The highest BCUT2D eigenvalue weighted by molar-refractivity contribution is 6.29. The SMILES string of the molecule is CCN(C)CC.COc1nc(Cl)cc2c1C1(O)CCC(c3ccccc3)C1(c1ccc(C#N)cc1)O2. The van der Waals surface area contributed by atoms with Crippen molar-refractivity contribution in [3.8, 4) is 17.7 Å². The van der Waals surface area contributed by atoms with Crippen LogP contribution in [0.1, 0.15) is 54.9 Å². The van der Waals surface area contributed by atoms with Crippen LogP contribution in [0.4, 0.5) is 0 Å². The molecule has 7 heteroatoms. The lowest BCUT2D eigenvalue weighted by molar-refractivity contribution is -0.106. The first-order chi connectivity index (χ1) is 17.3. The molecule has 1 saturated carbocycles. The molecule has 0 radical (unpaired) electrons. The van der Waals surface area contributed by atoms with E-state index in [1.807, 2.05) is 30.3 Å². The molecule has 2 heterocycles. The Hall–Kier alpha value is -3.11. The van der Waals surface area contributed by atoms with Crippen LogP contribution in [-0.2, 0) is 11.2 Å². The fraction of sp³-hybridized carbons (Fsp3) is 0.379. The van der Waals surface area contributed by atoms with Crippen molar-refractivity contribution < 1.29 is 14.6 Å². The number of hydrogen-bond donors (Lipinski definition) is 1. The predicted molar refractivity (Wildman–Crippen MR) is 140 cm³/mol. The second-order valence-corrected chi connectivity index (χ2v) is 9.59. The molecule has 5 rings (SSSR count). The van der Waals surface area contributed by atoms with Gasteiger partial charge in [-0.15, -0.1) is 0 Å². The summed E-state index contributed by atoms with van der Waals surface area (Å²) in [6, 6.07) is 21.0. The van der Waals surface area contributed by atoms with Crippen LogP contribution in [0.5, 0.6) is 11.6 Å². The van der Waals surface area contributed by atoms with Crippen molar-refractivity contribution in [3.05, 3.63) is 88.1 Å². The zero-order valence-electron chi connectivity index (χ0n) is 21.2. The van der Waals surface area contributed by atoms with Gasteiger partial charge >= 0.3 is 0 Å². The van der Waals surface area contributed by atoms with Gasteiger partial charge in [-0.25, -0.2) is 4.98 Å². The minimum atomic E-state index is -1.36. The Morgan fingerprint density at radius 3 is 2.39 bits per heavy atom. The molecule has 3 atom stereocenters. The van der Waals surface area contributed by atoms with E-state index in [1.165, 1.54) is 7.11 Å². The second-order valence-electron chi connectivity index (χ2n) is 9.20. The highest BCUT2D eigenvalue weighted by Gasteiger charge is 2.69. The molecule has 3 unspecified atom stereocenters. The standard InChI is InChI=1S/C24H19ClN2O3.C5H13N/c1-29-22-21-19(13-20(25)27-22)30-24(17-9-7-15(14-26)8-10-17)18(11-12-23(21,24)28)16-5-3-2-4-6-16;1-4-6(3)5-2/h2-10,13,18,28H,11-12H2,1H3;4-5H2,1-3H3. The number of nitrogens with zero attached hydrogens (tertiary/aromatic N) is 3. The van der Waals surface area contributed by atoms with E-state index in [0.29, 0.717) is 29.7 Å². The highest BCUT2D eigenvalue weighted by Crippen LogP contribution is 2.68. The van der Waals surface area contributed by atoms with Gasteiger partial charge in [-0.2, -0.15) is 5.26 Å². The molecule has 1 aliphatic heterocycles. The van der Waals surface area contributed by atoms with Crippen molar-refractivity contribution in [2.45, 2.75) is 43.8 Å². The topological polar surface area (TPSA) is 78.6 Å². The second kappa shape index (κ2) is 10.5. The van der Waals surface area contributed by atoms with Crippen LogP contribution >= 0.6 is 11.6 Å². The zero-order valence-corrected chi connectivity index (χ0v) is 21.9. The van der Waals surface area contributed by atoms with E-state index < -0.39 is 11.2 Å². The van der Waals surface area contributed by atoms with E-state index in [-0.39, 0.29) is 17.0 Å². The van der Waals surface area contributed by atoms with Gasteiger partial charge in [0, 0.05) is 12.0 Å². The summed E-state index contributed by atoms with van der Waals surface area (Å²) in [6.07, 6.45) is 1.19. The Labute approximate surface area is 218 Å². The molecular weight excluding hydrogens is 474 g/mol. The molecule has 3 aromatic rings. The molecular formula is C29H32ClN3O3. The summed E-state index contributed by atoms with van der Waals surface area (Å²) >= 11 is 6.20. The van der Waals surface area contributed by atoms with Gasteiger partial charge in [0.2, 0.25) is 5.88 Å². The number of pyridine rings is 1. The van der Waals surface area contributed by atoms with E-state index >= 15 is 0 Å². The largest absolute Gasteiger partial charge is 0.481 e. The average Bonchev–Trinajstić information content (AvgIpc) is 3.35. The third-order valence-electron chi connectivity index (χ3n) is 7.42. The number of halogens is 1. The number of aromatic nitrogens is 1. The van der Waals surface area contributed by atoms with Crippen molar-refractivity contribution in [1.29, 1.82) is 5.26 Å². The maximum Gasteiger partial charge on any atom is 0.224 e. The molecule has 1 aromatic heterocycles. The Balaban J connectivity index is 0.000000455. The molecule has 36 heavy (non-hydrogen) atoms. The number of methoxy groups -OCH3 is 1. The van der Waals surface area contributed by atoms with Gasteiger partial charge in [0.15, 0.2) is 5.60 Å². The van der Waals surface area contributed by atoms with Gasteiger partial charge in [0.25, 0.3) is 0 Å². The van der Waals surface area contributed by atoms with Crippen molar-refractivity contribution in [2.75, 3.05) is 27.2 Å². The maximum atomic E-state index is 12.2. The van der Waals surface area contributed by atoms with E-state index in [2.05, 4.69) is 49.0 Å². The molecule has 0 amide bonds. The summed E-state index contributed by atoms with van der Waals surface area (Å²) in [5, 5.41) is 21.7. The Bertz CT molecular complexity index is 1240. The monoisotopic (exact) mass is 505 g/mol. The van der Waals surface area contributed by atoms with E-state index in [4.69, 9.17) is 21.1 Å². The van der Waals surface area contributed by atoms with E-state index in [0.717, 1.165) is 24.2 Å². The lowest BCUT2D eigenvalue weighted by Gasteiger charge is -2.40. The maximum absolute atomic E-state index is 12.2. The van der Waals surface area contributed by atoms with E-state index in [1.54, 1.807) is 18.2 Å². The van der Waals surface area contributed by atoms with Gasteiger partial charge in [-0.1, -0.05) is 67.9 Å². The number of fused-ring (bicyclic) bond motifs is 3. The summed E-state index contributed by atoms with van der Waals surface area (Å²) in [4.78, 5) is 6.53. The molecule has 1 fully saturated rings. The van der Waals surface area contributed by atoms with Crippen LogP contribution in [0.15, 0.2) is 60.7 Å². The summed E-state index contributed by atoms with van der Waals surface area (Å²) in [5.74, 6) is 0.621. The van der Waals surface area contributed by atoms with Gasteiger partial charge in [-0.05, 0) is 56.2 Å². The fourth-order valence-electron chi connectivity index (χ4n) is 5.35. The lowest BCUT2D eigenvalue weighted by atomic mass is 9.72. The van der Waals surface area contributed by atoms with Crippen molar-refractivity contribution in [2.24, 2.45) is 0 Å². The molecule has 188 valence electrons. The first-order valence-corrected chi connectivity index (χ1v) is 12.6. The van der Waals surface area contributed by atoms with Crippen LogP contribution in [0.3, 0.4) is 0 Å². The number of aliphatic hydroxyl groups is 1. The molecule has 0 bridgehead atoms. The Morgan fingerprint density at radius 2 is 1.83 bits per heavy atom. The van der Waals surface area contributed by atoms with Crippen molar-refractivity contribution in [3.63, 3.8) is 0 Å². The molecule has 6 nitrogen and oxygen atoms in total. The van der Waals surface area contributed by atoms with Crippen molar-refractivity contribution >= 4 is 11.6 Å². The summed E-state index contributed by atoms with van der Waals surface area (Å²) in [7, 11) is 3.62. The third kappa shape index (κ3) is 4.22. The first kappa shape index (κ1) is 26.0. The van der Waals surface area contributed by atoms with Gasteiger partial charge in [0.1, 0.15) is 16.5 Å². The third-order valence-corrected chi connectivity index (χ3v) is 7.61. The number of hydrogen-bond acceptors (Lipinski definition) is 6. The normalized spacial score (nSPS) is 23.7. The smallest absolute Gasteiger partial charge is 0.224 e. The molecule has 0 saturated heterocycles. The number of benzene rings is 2. The van der Waals surface area contributed by atoms with Crippen molar-refractivity contribution in [1.82, 2.24) is 9.88 Å². The van der Waals surface area contributed by atoms with Gasteiger partial charge in [-0.3, -0.25) is 0 Å². The minimum Gasteiger partial charge on any atom is -0.481 e. The molecule has 1 aliphatic carbocycles. The lowest BCUT2D eigenvalue weighted by Crippen LogP contribution is -2.48.